The number of nitrogens with two attached hydrogens (primary N) is 1. The number of benzene rings is 2. The molecule has 2 rings (SSSR count). The Hall–Kier alpha value is -2.23. The van der Waals surface area contributed by atoms with Crippen LogP contribution in [0.2, 0.25) is 0 Å². The largest absolute Gasteiger partial charge is 0.490 e. The van der Waals surface area contributed by atoms with Crippen LogP contribution >= 0.6 is 0 Å². The molecular formula is C15H16FNO2. The predicted molar refractivity (Wildman–Crippen MR) is 73.0 cm³/mol. The van der Waals surface area contributed by atoms with Crippen molar-refractivity contribution < 1.29 is 13.9 Å². The molecule has 0 fully saturated rings. The third-order valence-corrected chi connectivity index (χ3v) is 2.67. The minimum atomic E-state index is -0.456. The fourth-order valence-corrected chi connectivity index (χ4v) is 1.61. The summed E-state index contributed by atoms with van der Waals surface area (Å²) in [5.74, 6) is 0.506. The first kappa shape index (κ1) is 13.2. The second-order valence-corrected chi connectivity index (χ2v) is 4.15. The van der Waals surface area contributed by atoms with E-state index in [4.69, 9.17) is 15.2 Å². The van der Waals surface area contributed by atoms with Crippen LogP contribution in [-0.2, 0) is 0 Å². The summed E-state index contributed by atoms with van der Waals surface area (Å²) in [5.41, 5.74) is 6.81. The van der Waals surface area contributed by atoms with E-state index in [1.807, 2.05) is 37.3 Å². The highest BCUT2D eigenvalue weighted by atomic mass is 19.1. The van der Waals surface area contributed by atoms with Crippen LogP contribution in [0.3, 0.4) is 0 Å². The van der Waals surface area contributed by atoms with Crippen molar-refractivity contribution in [2.75, 3.05) is 18.9 Å². The van der Waals surface area contributed by atoms with Crippen molar-refractivity contribution >= 4 is 5.69 Å². The van der Waals surface area contributed by atoms with Crippen molar-refractivity contribution in [3.63, 3.8) is 0 Å². The second-order valence-electron chi connectivity index (χ2n) is 4.15. The summed E-state index contributed by atoms with van der Waals surface area (Å²) in [7, 11) is 0. The Morgan fingerprint density at radius 3 is 2.47 bits per heavy atom. The predicted octanol–water partition coefficient (Wildman–Crippen LogP) is 3.17. The molecule has 0 unspecified atom stereocenters. The van der Waals surface area contributed by atoms with Gasteiger partial charge in [0.05, 0.1) is 0 Å². The first-order valence-corrected chi connectivity index (χ1v) is 6.03. The monoisotopic (exact) mass is 261 g/mol. The molecule has 0 radical (unpaired) electrons. The number of aryl methyl sites for hydroxylation is 1. The lowest BCUT2D eigenvalue weighted by molar-refractivity contribution is 0.211. The number of halogens is 1. The van der Waals surface area contributed by atoms with Crippen LogP contribution in [0, 0.1) is 12.7 Å². The van der Waals surface area contributed by atoms with Crippen molar-refractivity contribution in [2.24, 2.45) is 0 Å². The number of anilines is 1. The molecule has 4 heteroatoms. The zero-order chi connectivity index (χ0) is 13.7. The van der Waals surface area contributed by atoms with Gasteiger partial charge >= 0.3 is 0 Å². The molecule has 2 N–H and O–H groups in total. The van der Waals surface area contributed by atoms with Crippen LogP contribution in [0.4, 0.5) is 10.1 Å². The summed E-state index contributed by atoms with van der Waals surface area (Å²) in [6.45, 7) is 2.43. The van der Waals surface area contributed by atoms with Gasteiger partial charge in [-0.25, -0.2) is 4.39 Å². The molecule has 0 aliphatic rings. The summed E-state index contributed by atoms with van der Waals surface area (Å²) >= 11 is 0. The fourth-order valence-electron chi connectivity index (χ4n) is 1.61. The Bertz CT molecular complexity index is 543. The quantitative estimate of drug-likeness (QED) is 0.664. The van der Waals surface area contributed by atoms with Gasteiger partial charge in [0.1, 0.15) is 19.0 Å². The molecule has 0 aliphatic carbocycles. The molecule has 0 aliphatic heterocycles. The standard InChI is InChI=1S/C15H16FNO2/c1-11-9-15(13(16)10-14(11)17)19-8-7-18-12-5-3-2-4-6-12/h2-6,9-10H,7-8,17H2,1H3. The number of nitrogen functional groups attached to an aromatic ring is 1. The Morgan fingerprint density at radius 2 is 1.74 bits per heavy atom. The van der Waals surface area contributed by atoms with Crippen LogP contribution in [0.5, 0.6) is 11.5 Å². The first-order chi connectivity index (χ1) is 9.16. The van der Waals surface area contributed by atoms with Crippen molar-refractivity contribution in [1.82, 2.24) is 0 Å². The minimum Gasteiger partial charge on any atom is -0.490 e. The first-order valence-electron chi connectivity index (χ1n) is 6.03. The van der Waals surface area contributed by atoms with Crippen LogP contribution in [0.1, 0.15) is 5.56 Å². The number of hydrogen-bond acceptors (Lipinski definition) is 3. The number of ether oxygens (including phenoxy) is 2. The van der Waals surface area contributed by atoms with Gasteiger partial charge in [0, 0.05) is 11.8 Å². The van der Waals surface area contributed by atoms with Crippen LogP contribution < -0.4 is 15.2 Å². The van der Waals surface area contributed by atoms with Gasteiger partial charge in [0.25, 0.3) is 0 Å². The molecule has 0 spiro atoms. The molecule has 0 saturated heterocycles. The molecule has 3 nitrogen and oxygen atoms in total. The molecule has 0 bridgehead atoms. The lowest BCUT2D eigenvalue weighted by atomic mass is 10.2. The smallest absolute Gasteiger partial charge is 0.167 e. The van der Waals surface area contributed by atoms with Crippen molar-refractivity contribution in [3.05, 3.63) is 53.8 Å². The van der Waals surface area contributed by atoms with E-state index < -0.39 is 5.82 Å². The van der Waals surface area contributed by atoms with Crippen LogP contribution in [0.15, 0.2) is 42.5 Å². The van der Waals surface area contributed by atoms with E-state index in [9.17, 15) is 4.39 Å². The van der Waals surface area contributed by atoms with Gasteiger partial charge in [-0.15, -0.1) is 0 Å². The van der Waals surface area contributed by atoms with Gasteiger partial charge < -0.3 is 15.2 Å². The Balaban J connectivity index is 1.85. The summed E-state index contributed by atoms with van der Waals surface area (Å²) < 4.78 is 24.3. The minimum absolute atomic E-state index is 0.198. The average Bonchev–Trinajstić information content (AvgIpc) is 2.41. The number of hydrogen-bond donors (Lipinski definition) is 1. The van der Waals surface area contributed by atoms with Gasteiger partial charge in [0.15, 0.2) is 11.6 Å². The Kier molecular flexibility index (Phi) is 4.23. The maximum absolute atomic E-state index is 13.5. The molecule has 19 heavy (non-hydrogen) atoms. The van der Waals surface area contributed by atoms with Gasteiger partial charge in [0.2, 0.25) is 0 Å². The lowest BCUT2D eigenvalue weighted by Gasteiger charge is -2.10. The summed E-state index contributed by atoms with van der Waals surface area (Å²) in [6, 6.07) is 12.3. The SMILES string of the molecule is Cc1cc(OCCOc2ccccc2)c(F)cc1N. The molecule has 0 amide bonds. The van der Waals surface area contributed by atoms with Gasteiger partial charge in [-0.2, -0.15) is 0 Å². The Morgan fingerprint density at radius 1 is 1.05 bits per heavy atom. The molecule has 0 aromatic heterocycles. The zero-order valence-corrected chi connectivity index (χ0v) is 10.7. The molecule has 0 saturated carbocycles. The van der Waals surface area contributed by atoms with E-state index in [1.165, 1.54) is 6.07 Å². The highest BCUT2D eigenvalue weighted by Gasteiger charge is 2.06. The van der Waals surface area contributed by atoms with Gasteiger partial charge in [-0.3, -0.25) is 0 Å². The lowest BCUT2D eigenvalue weighted by Crippen LogP contribution is -2.10. The second kappa shape index (κ2) is 6.09. The fraction of sp³-hybridized carbons (Fsp3) is 0.200. The maximum atomic E-state index is 13.5. The molecule has 0 heterocycles. The van der Waals surface area contributed by atoms with E-state index in [1.54, 1.807) is 6.07 Å². The van der Waals surface area contributed by atoms with E-state index in [0.29, 0.717) is 12.3 Å². The van der Waals surface area contributed by atoms with Crippen molar-refractivity contribution in [1.29, 1.82) is 0 Å². The van der Waals surface area contributed by atoms with E-state index in [-0.39, 0.29) is 12.4 Å². The van der Waals surface area contributed by atoms with Crippen LogP contribution in [0.25, 0.3) is 0 Å². The molecule has 0 atom stereocenters. The number of para-hydroxylation sites is 1. The summed E-state index contributed by atoms with van der Waals surface area (Å²) in [4.78, 5) is 0. The highest BCUT2D eigenvalue weighted by molar-refractivity contribution is 5.50. The van der Waals surface area contributed by atoms with Gasteiger partial charge in [-0.1, -0.05) is 18.2 Å². The van der Waals surface area contributed by atoms with Crippen molar-refractivity contribution in [3.8, 4) is 11.5 Å². The van der Waals surface area contributed by atoms with Gasteiger partial charge in [-0.05, 0) is 30.7 Å². The average molecular weight is 261 g/mol. The maximum Gasteiger partial charge on any atom is 0.167 e. The molecule has 2 aromatic carbocycles. The van der Waals surface area contributed by atoms with E-state index in [0.717, 1.165) is 11.3 Å². The van der Waals surface area contributed by atoms with Crippen LogP contribution in [-0.4, -0.2) is 13.2 Å². The third-order valence-electron chi connectivity index (χ3n) is 2.67. The normalized spacial score (nSPS) is 10.2. The summed E-state index contributed by atoms with van der Waals surface area (Å²) in [6.07, 6.45) is 0. The van der Waals surface area contributed by atoms with Crippen molar-refractivity contribution in [2.45, 2.75) is 6.92 Å². The zero-order valence-electron chi connectivity index (χ0n) is 10.7. The molecule has 2 aromatic rings. The topological polar surface area (TPSA) is 44.5 Å². The van der Waals surface area contributed by atoms with E-state index >= 15 is 0 Å². The highest BCUT2D eigenvalue weighted by Crippen LogP contribution is 2.23. The van der Waals surface area contributed by atoms with E-state index in [2.05, 4.69) is 0 Å². The molecular weight excluding hydrogens is 245 g/mol. The Labute approximate surface area is 111 Å². The summed E-state index contributed by atoms with van der Waals surface area (Å²) in [5, 5.41) is 0. The number of rotatable bonds is 5. The molecule has 100 valence electrons. The third kappa shape index (κ3) is 3.61.